The molecule has 7 heteroatoms. The molecule has 0 radical (unpaired) electrons. The van der Waals surface area contributed by atoms with Crippen molar-refractivity contribution in [1.82, 2.24) is 19.7 Å². The van der Waals surface area contributed by atoms with Crippen LogP contribution in [0.15, 0.2) is 56.8 Å². The molecule has 1 aliphatic heterocycles. The predicted molar refractivity (Wildman–Crippen MR) is 95.1 cm³/mol. The molecule has 0 amide bonds. The van der Waals surface area contributed by atoms with Crippen LogP contribution in [0.4, 0.5) is 0 Å². The summed E-state index contributed by atoms with van der Waals surface area (Å²) in [7, 11) is 0. The van der Waals surface area contributed by atoms with Crippen LogP contribution in [-0.2, 0) is 0 Å². The van der Waals surface area contributed by atoms with Crippen molar-refractivity contribution in [3.8, 4) is 5.69 Å². The highest BCUT2D eigenvalue weighted by Crippen LogP contribution is 2.32. The van der Waals surface area contributed by atoms with Crippen molar-refractivity contribution in [2.24, 2.45) is 4.99 Å². The van der Waals surface area contributed by atoms with Gasteiger partial charge in [0, 0.05) is 16.2 Å². The van der Waals surface area contributed by atoms with Crippen molar-refractivity contribution >= 4 is 37.6 Å². The lowest BCUT2D eigenvalue weighted by Crippen LogP contribution is -2.09. The maximum Gasteiger partial charge on any atom is 0.204 e. The molecule has 2 aromatic heterocycles. The molecular formula is C16H11Br2N5. The minimum Gasteiger partial charge on any atom is -0.271 e. The third-order valence-electron chi connectivity index (χ3n) is 3.71. The third kappa shape index (κ3) is 2.44. The van der Waals surface area contributed by atoms with Crippen LogP contribution in [0, 0.1) is 0 Å². The van der Waals surface area contributed by atoms with Gasteiger partial charge in [-0.15, -0.1) is 10.2 Å². The van der Waals surface area contributed by atoms with E-state index in [1.807, 2.05) is 41.8 Å². The largest absolute Gasteiger partial charge is 0.271 e. The molecule has 114 valence electrons. The molecule has 1 aromatic carbocycles. The average molecular weight is 433 g/mol. The van der Waals surface area contributed by atoms with Gasteiger partial charge in [-0.05, 0) is 53.2 Å². The zero-order valence-electron chi connectivity index (χ0n) is 12.1. The Labute approximate surface area is 149 Å². The van der Waals surface area contributed by atoms with Gasteiger partial charge in [-0.25, -0.2) is 0 Å². The Morgan fingerprint density at radius 2 is 1.96 bits per heavy atom. The number of pyridine rings is 1. The second-order valence-corrected chi connectivity index (χ2v) is 6.82. The zero-order chi connectivity index (χ0) is 16.0. The molecule has 1 unspecified atom stereocenters. The second-order valence-electron chi connectivity index (χ2n) is 5.19. The summed E-state index contributed by atoms with van der Waals surface area (Å²) in [4.78, 5) is 9.35. The number of hydrogen-bond donors (Lipinski definition) is 0. The quantitative estimate of drug-likeness (QED) is 0.581. The van der Waals surface area contributed by atoms with Gasteiger partial charge in [0.25, 0.3) is 0 Å². The first kappa shape index (κ1) is 14.7. The van der Waals surface area contributed by atoms with Crippen molar-refractivity contribution < 1.29 is 0 Å². The standard InChI is InChI=1S/C16H11Br2N5/c1-9-15-21-22-16(18)23(15)13-6-5-10(17)8-11(13)14(20-9)12-4-2-3-7-19-12/h2-9H,1H3. The molecule has 0 saturated heterocycles. The van der Waals surface area contributed by atoms with Gasteiger partial charge in [0.2, 0.25) is 4.73 Å². The lowest BCUT2D eigenvalue weighted by Gasteiger charge is -2.12. The molecule has 5 nitrogen and oxygen atoms in total. The highest BCUT2D eigenvalue weighted by molar-refractivity contribution is 9.10. The van der Waals surface area contributed by atoms with E-state index < -0.39 is 0 Å². The summed E-state index contributed by atoms with van der Waals surface area (Å²) in [5, 5.41) is 8.42. The van der Waals surface area contributed by atoms with E-state index in [9.17, 15) is 0 Å². The van der Waals surface area contributed by atoms with Gasteiger partial charge >= 0.3 is 0 Å². The maximum atomic E-state index is 4.87. The molecular weight excluding hydrogens is 422 g/mol. The number of fused-ring (bicyclic) bond motifs is 3. The zero-order valence-corrected chi connectivity index (χ0v) is 15.3. The van der Waals surface area contributed by atoms with Gasteiger partial charge in [-0.1, -0.05) is 22.0 Å². The highest BCUT2D eigenvalue weighted by Gasteiger charge is 2.26. The third-order valence-corrected chi connectivity index (χ3v) is 4.71. The molecule has 0 N–H and O–H groups in total. The fourth-order valence-electron chi connectivity index (χ4n) is 2.69. The molecule has 0 spiro atoms. The van der Waals surface area contributed by atoms with Gasteiger partial charge in [-0.3, -0.25) is 14.5 Å². The summed E-state index contributed by atoms with van der Waals surface area (Å²) < 4.78 is 3.65. The fraction of sp³-hybridized carbons (Fsp3) is 0.125. The fourth-order valence-corrected chi connectivity index (χ4v) is 3.50. The predicted octanol–water partition coefficient (Wildman–Crippen LogP) is 4.10. The Bertz CT molecular complexity index is 917. The minimum absolute atomic E-state index is 0.128. The van der Waals surface area contributed by atoms with Crippen molar-refractivity contribution in [3.63, 3.8) is 0 Å². The number of hydrogen-bond acceptors (Lipinski definition) is 4. The van der Waals surface area contributed by atoms with E-state index in [-0.39, 0.29) is 6.04 Å². The van der Waals surface area contributed by atoms with E-state index in [1.165, 1.54) is 0 Å². The van der Waals surface area contributed by atoms with Crippen LogP contribution in [0.3, 0.4) is 0 Å². The normalized spacial score (nSPS) is 16.3. The molecule has 0 bridgehead atoms. The van der Waals surface area contributed by atoms with Crippen LogP contribution in [0.25, 0.3) is 5.69 Å². The molecule has 4 rings (SSSR count). The van der Waals surface area contributed by atoms with Crippen molar-refractivity contribution in [2.45, 2.75) is 13.0 Å². The highest BCUT2D eigenvalue weighted by atomic mass is 79.9. The molecule has 3 heterocycles. The van der Waals surface area contributed by atoms with E-state index in [4.69, 9.17) is 4.99 Å². The molecule has 0 aliphatic carbocycles. The van der Waals surface area contributed by atoms with Crippen LogP contribution in [0.1, 0.15) is 30.0 Å². The first-order valence-electron chi connectivity index (χ1n) is 7.05. The number of halogens is 2. The van der Waals surface area contributed by atoms with E-state index in [1.54, 1.807) is 6.20 Å². The Morgan fingerprint density at radius 1 is 1.09 bits per heavy atom. The van der Waals surface area contributed by atoms with Gasteiger partial charge in [0.15, 0.2) is 5.82 Å². The Hall–Kier alpha value is -1.86. The maximum absolute atomic E-state index is 4.87. The molecule has 0 saturated carbocycles. The van der Waals surface area contributed by atoms with Crippen LogP contribution in [0.2, 0.25) is 0 Å². The van der Waals surface area contributed by atoms with E-state index in [0.29, 0.717) is 4.73 Å². The van der Waals surface area contributed by atoms with Gasteiger partial charge < -0.3 is 0 Å². The number of aliphatic imine (C=N–C) groups is 1. The Morgan fingerprint density at radius 3 is 2.74 bits per heavy atom. The van der Waals surface area contributed by atoms with Crippen molar-refractivity contribution in [3.05, 3.63) is 68.9 Å². The minimum atomic E-state index is -0.128. The summed E-state index contributed by atoms with van der Waals surface area (Å²) in [6.45, 7) is 2.01. The molecule has 3 aromatic rings. The summed E-state index contributed by atoms with van der Waals surface area (Å²) in [6, 6.07) is 11.8. The summed E-state index contributed by atoms with van der Waals surface area (Å²) >= 11 is 7.04. The van der Waals surface area contributed by atoms with Crippen molar-refractivity contribution in [2.75, 3.05) is 0 Å². The number of benzene rings is 1. The summed E-state index contributed by atoms with van der Waals surface area (Å²) in [5.74, 6) is 0.798. The SMILES string of the molecule is CC1N=C(c2ccccn2)c2cc(Br)ccc2-n2c(Br)nnc21. The summed E-state index contributed by atoms with van der Waals surface area (Å²) in [5.41, 5.74) is 3.67. The lowest BCUT2D eigenvalue weighted by atomic mass is 10.0. The van der Waals surface area contributed by atoms with Crippen molar-refractivity contribution in [1.29, 1.82) is 0 Å². The second kappa shape index (κ2) is 5.65. The summed E-state index contributed by atoms with van der Waals surface area (Å²) in [6.07, 6.45) is 1.78. The first-order chi connectivity index (χ1) is 11.1. The number of aromatic nitrogens is 4. The first-order valence-corrected chi connectivity index (χ1v) is 8.64. The lowest BCUT2D eigenvalue weighted by molar-refractivity contribution is 0.722. The van der Waals surface area contributed by atoms with Gasteiger partial charge in [-0.2, -0.15) is 0 Å². The van der Waals surface area contributed by atoms with Gasteiger partial charge in [0.1, 0.15) is 6.04 Å². The van der Waals surface area contributed by atoms with Crippen LogP contribution in [-0.4, -0.2) is 25.5 Å². The van der Waals surface area contributed by atoms with Gasteiger partial charge in [0.05, 0.1) is 17.1 Å². The molecule has 1 atom stereocenters. The monoisotopic (exact) mass is 431 g/mol. The number of nitrogens with zero attached hydrogens (tertiary/aromatic N) is 5. The average Bonchev–Trinajstić information content (AvgIpc) is 2.89. The molecule has 0 fully saturated rings. The topological polar surface area (TPSA) is 56.0 Å². The smallest absolute Gasteiger partial charge is 0.204 e. The number of rotatable bonds is 1. The molecule has 1 aliphatic rings. The van der Waals surface area contributed by atoms with E-state index in [0.717, 1.165) is 33.0 Å². The van der Waals surface area contributed by atoms with E-state index in [2.05, 4.69) is 53.1 Å². The van der Waals surface area contributed by atoms with Crippen LogP contribution < -0.4 is 0 Å². The van der Waals surface area contributed by atoms with Crippen LogP contribution in [0.5, 0.6) is 0 Å². The Kier molecular flexibility index (Phi) is 3.61. The van der Waals surface area contributed by atoms with Crippen LogP contribution >= 0.6 is 31.9 Å². The van der Waals surface area contributed by atoms with E-state index >= 15 is 0 Å². The Balaban J connectivity index is 2.06. The molecule has 23 heavy (non-hydrogen) atoms.